The van der Waals surface area contributed by atoms with Gasteiger partial charge in [0.05, 0.1) is 12.1 Å². The average Bonchev–Trinajstić information content (AvgIpc) is 2.85. The number of likely N-dealkylation sites (tertiary alicyclic amines) is 1. The van der Waals surface area contributed by atoms with Gasteiger partial charge >= 0.3 is 0 Å². The molecule has 2 amide bonds. The zero-order valence-corrected chi connectivity index (χ0v) is 15.7. The van der Waals surface area contributed by atoms with E-state index >= 15 is 0 Å². The first-order chi connectivity index (χ1) is 9.95. The van der Waals surface area contributed by atoms with E-state index in [1.807, 2.05) is 19.2 Å². The summed E-state index contributed by atoms with van der Waals surface area (Å²) in [6.07, 6.45) is 2.20. The van der Waals surface area contributed by atoms with Gasteiger partial charge in [-0.25, -0.2) is 4.98 Å². The maximum Gasteiger partial charge on any atom is 0.228 e. The third-order valence-corrected chi connectivity index (χ3v) is 4.26. The summed E-state index contributed by atoms with van der Waals surface area (Å²) < 4.78 is 0. The normalized spacial score (nSPS) is 17.2. The predicted molar refractivity (Wildman–Crippen MR) is 97.6 cm³/mol. The van der Waals surface area contributed by atoms with E-state index in [1.165, 1.54) is 11.3 Å². The number of rotatable bonds is 4. The fraction of sp³-hybridized carbons (Fsp3) is 0.643. The Morgan fingerprint density at radius 3 is 2.78 bits per heavy atom. The van der Waals surface area contributed by atoms with Crippen molar-refractivity contribution in [1.82, 2.24) is 9.88 Å². The Kier molecular flexibility index (Phi) is 9.68. The summed E-state index contributed by atoms with van der Waals surface area (Å²) in [7, 11) is 0. The van der Waals surface area contributed by atoms with Crippen LogP contribution in [0.4, 0.5) is 5.13 Å². The van der Waals surface area contributed by atoms with Gasteiger partial charge in [-0.1, -0.05) is 13.8 Å². The molecule has 1 unspecified atom stereocenters. The molecule has 0 aromatic carbocycles. The van der Waals surface area contributed by atoms with Crippen molar-refractivity contribution >= 4 is 53.1 Å². The van der Waals surface area contributed by atoms with Crippen molar-refractivity contribution in [3.05, 3.63) is 11.1 Å². The maximum absolute atomic E-state index is 12.2. The summed E-state index contributed by atoms with van der Waals surface area (Å²) >= 11 is 1.35. The molecule has 1 aliphatic rings. The second-order valence-corrected chi connectivity index (χ2v) is 6.56. The molecule has 9 heteroatoms. The summed E-state index contributed by atoms with van der Waals surface area (Å²) in [4.78, 5) is 29.9. The summed E-state index contributed by atoms with van der Waals surface area (Å²) in [6, 6.07) is 0.0824. The van der Waals surface area contributed by atoms with Crippen LogP contribution in [-0.4, -0.2) is 40.8 Å². The molecule has 1 aromatic heterocycles. The monoisotopic (exact) mass is 382 g/mol. The molecule has 2 heterocycles. The van der Waals surface area contributed by atoms with Gasteiger partial charge in [-0.15, -0.1) is 36.2 Å². The Morgan fingerprint density at radius 2 is 2.17 bits per heavy atom. The Morgan fingerprint density at radius 1 is 1.48 bits per heavy atom. The Balaban J connectivity index is 0.00000242. The largest absolute Gasteiger partial charge is 0.341 e. The minimum Gasteiger partial charge on any atom is -0.341 e. The van der Waals surface area contributed by atoms with Crippen molar-refractivity contribution in [1.29, 1.82) is 0 Å². The molecule has 0 aliphatic carbocycles. The third-order valence-electron chi connectivity index (χ3n) is 3.45. The standard InChI is InChI=1S/C14H22N4O2S.2ClH/c1-9(2)13(20)17-14-16-11(8-21-14)6-12(19)18-5-3-4-10(15)7-18;;/h8-10H,3-7,15H2,1-2H3,(H,16,17,20);2*1H. The van der Waals surface area contributed by atoms with Crippen LogP contribution in [0.2, 0.25) is 0 Å². The number of hydrogen-bond acceptors (Lipinski definition) is 5. The van der Waals surface area contributed by atoms with Crippen molar-refractivity contribution in [3.63, 3.8) is 0 Å². The molecule has 1 fully saturated rings. The molecule has 1 saturated heterocycles. The first-order valence-electron chi connectivity index (χ1n) is 7.24. The number of amides is 2. The number of aromatic nitrogens is 1. The molecule has 1 atom stereocenters. The number of hydrogen-bond donors (Lipinski definition) is 2. The minimum atomic E-state index is -0.0891. The second-order valence-electron chi connectivity index (χ2n) is 5.71. The molecule has 2 rings (SSSR count). The van der Waals surface area contributed by atoms with Crippen LogP contribution >= 0.6 is 36.2 Å². The first-order valence-corrected chi connectivity index (χ1v) is 8.12. The highest BCUT2D eigenvalue weighted by Gasteiger charge is 2.22. The molecule has 3 N–H and O–H groups in total. The molecule has 1 aliphatic heterocycles. The van der Waals surface area contributed by atoms with E-state index in [0.717, 1.165) is 19.4 Å². The van der Waals surface area contributed by atoms with E-state index in [-0.39, 0.29) is 55.0 Å². The van der Waals surface area contributed by atoms with E-state index < -0.39 is 0 Å². The molecule has 0 radical (unpaired) electrons. The van der Waals surface area contributed by atoms with Gasteiger partial charge in [0.15, 0.2) is 5.13 Å². The number of carbonyl (C=O) groups excluding carboxylic acids is 2. The van der Waals surface area contributed by atoms with Crippen LogP contribution < -0.4 is 11.1 Å². The van der Waals surface area contributed by atoms with Crippen LogP contribution in [0.5, 0.6) is 0 Å². The fourth-order valence-electron chi connectivity index (χ4n) is 2.20. The van der Waals surface area contributed by atoms with E-state index in [1.54, 1.807) is 4.90 Å². The zero-order valence-electron chi connectivity index (χ0n) is 13.3. The van der Waals surface area contributed by atoms with Gasteiger partial charge in [-0.2, -0.15) is 0 Å². The highest BCUT2D eigenvalue weighted by atomic mass is 35.5. The van der Waals surface area contributed by atoms with Crippen LogP contribution in [0.15, 0.2) is 5.38 Å². The molecule has 0 bridgehead atoms. The van der Waals surface area contributed by atoms with Gasteiger partial charge in [-0.3, -0.25) is 9.59 Å². The number of carbonyl (C=O) groups is 2. The summed E-state index contributed by atoms with van der Waals surface area (Å²) in [5, 5.41) is 5.11. The quantitative estimate of drug-likeness (QED) is 0.833. The van der Waals surface area contributed by atoms with Crippen LogP contribution in [0.3, 0.4) is 0 Å². The zero-order chi connectivity index (χ0) is 15.4. The number of nitrogens with two attached hydrogens (primary N) is 1. The number of nitrogens with one attached hydrogen (secondary N) is 1. The van der Waals surface area contributed by atoms with E-state index in [0.29, 0.717) is 17.4 Å². The second kappa shape index (κ2) is 10.1. The molecular formula is C14H24Cl2N4O2S. The van der Waals surface area contributed by atoms with Gasteiger partial charge in [0.1, 0.15) is 0 Å². The molecule has 0 saturated carbocycles. The predicted octanol–water partition coefficient (Wildman–Crippen LogP) is 2.07. The molecule has 1 aromatic rings. The maximum atomic E-state index is 12.2. The van der Waals surface area contributed by atoms with Crippen molar-refractivity contribution in [2.24, 2.45) is 11.7 Å². The summed E-state index contributed by atoms with van der Waals surface area (Å²) in [6.45, 7) is 5.05. The third kappa shape index (κ3) is 6.63. The van der Waals surface area contributed by atoms with E-state index in [9.17, 15) is 9.59 Å². The Labute approximate surface area is 153 Å². The van der Waals surface area contributed by atoms with Gasteiger partial charge in [-0.05, 0) is 12.8 Å². The van der Waals surface area contributed by atoms with Crippen LogP contribution in [0, 0.1) is 5.92 Å². The Hall–Kier alpha value is -0.890. The summed E-state index contributed by atoms with van der Waals surface area (Å²) in [5.74, 6) is -0.102. The van der Waals surface area contributed by atoms with Crippen LogP contribution in [0.1, 0.15) is 32.4 Å². The van der Waals surface area contributed by atoms with Crippen molar-refractivity contribution in [2.45, 2.75) is 39.2 Å². The Bertz CT molecular complexity index is 525. The average molecular weight is 383 g/mol. The number of nitrogens with zero attached hydrogens (tertiary/aromatic N) is 2. The van der Waals surface area contributed by atoms with Gasteiger partial charge < -0.3 is 16.0 Å². The summed E-state index contributed by atoms with van der Waals surface area (Å²) in [5.41, 5.74) is 6.59. The lowest BCUT2D eigenvalue weighted by Gasteiger charge is -2.30. The molecule has 132 valence electrons. The van der Waals surface area contributed by atoms with Crippen molar-refractivity contribution < 1.29 is 9.59 Å². The number of thiazole rings is 1. The van der Waals surface area contributed by atoms with Crippen LogP contribution in [-0.2, 0) is 16.0 Å². The topological polar surface area (TPSA) is 88.3 Å². The molecule has 23 heavy (non-hydrogen) atoms. The number of halogens is 2. The highest BCUT2D eigenvalue weighted by Crippen LogP contribution is 2.18. The van der Waals surface area contributed by atoms with Gasteiger partial charge in [0, 0.05) is 30.4 Å². The molecular weight excluding hydrogens is 359 g/mol. The van der Waals surface area contributed by atoms with E-state index in [2.05, 4.69) is 10.3 Å². The van der Waals surface area contributed by atoms with Crippen molar-refractivity contribution in [2.75, 3.05) is 18.4 Å². The van der Waals surface area contributed by atoms with Crippen molar-refractivity contribution in [3.8, 4) is 0 Å². The molecule has 0 spiro atoms. The molecule has 6 nitrogen and oxygen atoms in total. The number of anilines is 1. The van der Waals surface area contributed by atoms with Gasteiger partial charge in [0.25, 0.3) is 0 Å². The fourth-order valence-corrected chi connectivity index (χ4v) is 2.91. The smallest absolute Gasteiger partial charge is 0.228 e. The SMILES string of the molecule is CC(C)C(=O)Nc1nc(CC(=O)N2CCCC(N)C2)cs1.Cl.Cl. The lowest BCUT2D eigenvalue weighted by Crippen LogP contribution is -2.46. The first kappa shape index (κ1) is 22.1. The lowest BCUT2D eigenvalue weighted by molar-refractivity contribution is -0.131. The lowest BCUT2D eigenvalue weighted by atomic mass is 10.1. The number of piperidine rings is 1. The minimum absolute atomic E-state index is 0. The van der Waals surface area contributed by atoms with Gasteiger partial charge in [0.2, 0.25) is 11.8 Å². The van der Waals surface area contributed by atoms with Crippen LogP contribution in [0.25, 0.3) is 0 Å². The highest BCUT2D eigenvalue weighted by molar-refractivity contribution is 7.13. The van der Waals surface area contributed by atoms with E-state index in [4.69, 9.17) is 5.73 Å².